The number of esters is 1. The third-order valence-electron chi connectivity index (χ3n) is 4.36. The zero-order chi connectivity index (χ0) is 20.4. The van der Waals surface area contributed by atoms with Gasteiger partial charge in [0.05, 0.1) is 18.0 Å². The van der Waals surface area contributed by atoms with Crippen molar-refractivity contribution in [3.8, 4) is 0 Å². The lowest BCUT2D eigenvalue weighted by Gasteiger charge is -2.10. The molecule has 0 aliphatic rings. The van der Waals surface area contributed by atoms with Gasteiger partial charge in [-0.05, 0) is 38.1 Å². The van der Waals surface area contributed by atoms with E-state index in [2.05, 4.69) is 10.3 Å². The number of nitrogens with zero attached hydrogens (tertiary/aromatic N) is 4. The van der Waals surface area contributed by atoms with Crippen molar-refractivity contribution < 1.29 is 9.53 Å². The highest BCUT2D eigenvalue weighted by atomic mass is 16.5. The van der Waals surface area contributed by atoms with E-state index in [9.17, 15) is 14.4 Å². The van der Waals surface area contributed by atoms with E-state index in [4.69, 9.17) is 4.74 Å². The molecule has 9 nitrogen and oxygen atoms in total. The van der Waals surface area contributed by atoms with Crippen molar-refractivity contribution >= 4 is 22.8 Å². The summed E-state index contributed by atoms with van der Waals surface area (Å²) < 4.78 is 9.31. The number of anilines is 1. The summed E-state index contributed by atoms with van der Waals surface area (Å²) in [6.07, 6.45) is 1.39. The van der Waals surface area contributed by atoms with Crippen molar-refractivity contribution in [2.45, 2.75) is 26.5 Å². The van der Waals surface area contributed by atoms with Gasteiger partial charge in [0.1, 0.15) is 0 Å². The monoisotopic (exact) mass is 385 g/mol. The molecule has 1 N–H and O–H groups in total. The van der Waals surface area contributed by atoms with E-state index in [1.54, 1.807) is 56.1 Å². The van der Waals surface area contributed by atoms with Gasteiger partial charge >= 0.3 is 11.7 Å². The topological polar surface area (TPSA) is 100 Å². The number of hydrogen-bond acceptors (Lipinski definition) is 6. The zero-order valence-electron chi connectivity index (χ0n) is 16.3. The lowest BCUT2D eigenvalue weighted by atomic mass is 10.2. The van der Waals surface area contributed by atoms with Crippen molar-refractivity contribution in [2.24, 2.45) is 14.1 Å². The number of hydrogen-bond donors (Lipinski definition) is 1. The smallest absolute Gasteiger partial charge is 0.338 e. The molecule has 28 heavy (non-hydrogen) atoms. The van der Waals surface area contributed by atoms with Crippen LogP contribution in [0.3, 0.4) is 0 Å². The van der Waals surface area contributed by atoms with E-state index in [1.165, 1.54) is 11.6 Å². The number of aryl methyl sites for hydroxylation is 1. The number of benzene rings is 1. The first-order chi connectivity index (χ1) is 13.3. The van der Waals surface area contributed by atoms with Gasteiger partial charge in [-0.2, -0.15) is 0 Å². The molecule has 0 saturated carbocycles. The molecule has 3 rings (SSSR count). The Kier molecular flexibility index (Phi) is 5.34. The molecule has 0 radical (unpaired) electrons. The molecule has 0 saturated heterocycles. The van der Waals surface area contributed by atoms with E-state index in [-0.39, 0.29) is 17.6 Å². The molecular weight excluding hydrogens is 362 g/mol. The lowest BCUT2D eigenvalue weighted by Crippen LogP contribution is -2.37. The minimum Gasteiger partial charge on any atom is -0.459 e. The Balaban J connectivity index is 1.70. The molecule has 0 aliphatic carbocycles. The normalized spacial score (nSPS) is 11.2. The Bertz CT molecular complexity index is 1120. The van der Waals surface area contributed by atoms with Crippen LogP contribution >= 0.6 is 0 Å². The molecule has 0 atom stereocenters. The first kappa shape index (κ1) is 19.4. The maximum Gasteiger partial charge on any atom is 0.338 e. The largest absolute Gasteiger partial charge is 0.459 e. The zero-order valence-corrected chi connectivity index (χ0v) is 16.3. The summed E-state index contributed by atoms with van der Waals surface area (Å²) >= 11 is 0. The van der Waals surface area contributed by atoms with Crippen molar-refractivity contribution in [3.05, 3.63) is 57.0 Å². The van der Waals surface area contributed by atoms with Crippen LogP contribution in [0.4, 0.5) is 5.69 Å². The molecule has 0 unspecified atom stereocenters. The molecule has 3 aromatic rings. The first-order valence-electron chi connectivity index (χ1n) is 8.95. The Morgan fingerprint density at radius 3 is 2.46 bits per heavy atom. The molecule has 0 bridgehead atoms. The Labute approximate surface area is 161 Å². The van der Waals surface area contributed by atoms with Crippen LogP contribution in [-0.4, -0.2) is 37.3 Å². The summed E-state index contributed by atoms with van der Waals surface area (Å²) in [5.74, 6) is -0.354. The van der Waals surface area contributed by atoms with Crippen molar-refractivity contribution in [2.75, 3.05) is 11.9 Å². The van der Waals surface area contributed by atoms with Gasteiger partial charge in [0.25, 0.3) is 5.56 Å². The van der Waals surface area contributed by atoms with Gasteiger partial charge < -0.3 is 14.6 Å². The molecule has 0 amide bonds. The van der Waals surface area contributed by atoms with Crippen LogP contribution in [0.1, 0.15) is 24.2 Å². The number of carbonyl (C=O) groups is 1. The molecule has 1 aromatic carbocycles. The second kappa shape index (κ2) is 7.71. The predicted molar refractivity (Wildman–Crippen MR) is 106 cm³/mol. The quantitative estimate of drug-likeness (QED) is 0.638. The van der Waals surface area contributed by atoms with Crippen molar-refractivity contribution in [1.29, 1.82) is 0 Å². The van der Waals surface area contributed by atoms with Gasteiger partial charge in [0.2, 0.25) is 0 Å². The summed E-state index contributed by atoms with van der Waals surface area (Å²) in [6, 6.07) is 6.99. The molecule has 148 valence electrons. The number of fused-ring (bicyclic) bond motifs is 1. The number of carbonyl (C=O) groups excluding carboxylic acids is 1. The Morgan fingerprint density at radius 2 is 1.82 bits per heavy atom. The minimum atomic E-state index is -0.406. The number of aromatic nitrogens is 4. The van der Waals surface area contributed by atoms with Gasteiger partial charge in [-0.1, -0.05) is 0 Å². The number of nitrogens with one attached hydrogen (secondary N) is 1. The summed E-state index contributed by atoms with van der Waals surface area (Å²) in [5, 5.41) is 3.24. The maximum absolute atomic E-state index is 12.4. The average Bonchev–Trinajstić information content (AvgIpc) is 3.08. The fourth-order valence-corrected chi connectivity index (χ4v) is 2.89. The highest BCUT2D eigenvalue weighted by molar-refractivity contribution is 5.89. The van der Waals surface area contributed by atoms with E-state index >= 15 is 0 Å². The van der Waals surface area contributed by atoms with Crippen LogP contribution in [0.15, 0.2) is 40.2 Å². The highest BCUT2D eigenvalue weighted by Gasteiger charge is 2.14. The first-order valence-corrected chi connectivity index (χ1v) is 8.95. The summed E-state index contributed by atoms with van der Waals surface area (Å²) in [6.45, 7) is 4.63. The third kappa shape index (κ3) is 3.68. The van der Waals surface area contributed by atoms with Crippen molar-refractivity contribution in [1.82, 2.24) is 18.7 Å². The van der Waals surface area contributed by atoms with Crippen LogP contribution in [-0.2, 0) is 25.4 Å². The Morgan fingerprint density at radius 1 is 1.14 bits per heavy atom. The Hall–Kier alpha value is -3.36. The number of rotatable bonds is 6. The number of imidazole rings is 1. The summed E-state index contributed by atoms with van der Waals surface area (Å²) in [7, 11) is 3.04. The minimum absolute atomic E-state index is 0.164. The van der Waals surface area contributed by atoms with E-state index in [1.807, 2.05) is 0 Å². The second-order valence-corrected chi connectivity index (χ2v) is 6.77. The van der Waals surface area contributed by atoms with Crippen LogP contribution in [0.2, 0.25) is 0 Å². The molecule has 2 heterocycles. The van der Waals surface area contributed by atoms with Gasteiger partial charge in [-0.15, -0.1) is 0 Å². The van der Waals surface area contributed by atoms with Gasteiger partial charge in [0.15, 0.2) is 11.2 Å². The van der Waals surface area contributed by atoms with Gasteiger partial charge in [-0.3, -0.25) is 13.9 Å². The molecule has 0 spiro atoms. The van der Waals surface area contributed by atoms with E-state index < -0.39 is 5.69 Å². The number of ether oxygens (including phenoxy) is 1. The highest BCUT2D eigenvalue weighted by Crippen LogP contribution is 2.12. The van der Waals surface area contributed by atoms with Crippen LogP contribution < -0.4 is 16.6 Å². The van der Waals surface area contributed by atoms with E-state index in [0.717, 1.165) is 10.3 Å². The molecular formula is C19H23N5O4. The average molecular weight is 385 g/mol. The van der Waals surface area contributed by atoms with Gasteiger partial charge in [-0.25, -0.2) is 14.6 Å². The molecule has 9 heteroatoms. The molecule has 0 fully saturated rings. The van der Waals surface area contributed by atoms with Crippen molar-refractivity contribution in [3.63, 3.8) is 0 Å². The lowest BCUT2D eigenvalue weighted by molar-refractivity contribution is 0.0378. The standard InChI is InChI=1S/C19H23N5O4/c1-12(2)28-18(26)13-5-7-14(8-6-13)20-9-10-24-11-21-16-15(24)17(25)23(4)19(27)22(16)3/h5-8,11-12,20H,9-10H2,1-4H3. The summed E-state index contributed by atoms with van der Waals surface area (Å²) in [5.41, 5.74) is 1.30. The predicted octanol–water partition coefficient (Wildman–Crippen LogP) is 1.11. The SMILES string of the molecule is CC(C)OC(=O)c1ccc(NCCn2cnc3c2c(=O)n(C)c(=O)n3C)cc1. The fraction of sp³-hybridized carbons (Fsp3) is 0.368. The summed E-state index contributed by atoms with van der Waals surface area (Å²) in [4.78, 5) is 40.5. The second-order valence-electron chi connectivity index (χ2n) is 6.77. The van der Waals surface area contributed by atoms with Crippen LogP contribution in [0.5, 0.6) is 0 Å². The van der Waals surface area contributed by atoms with Gasteiger partial charge in [0, 0.05) is 32.9 Å². The maximum atomic E-state index is 12.4. The molecule has 0 aliphatic heterocycles. The van der Waals surface area contributed by atoms with E-state index in [0.29, 0.717) is 29.8 Å². The fourth-order valence-electron chi connectivity index (χ4n) is 2.89. The van der Waals surface area contributed by atoms with Crippen LogP contribution in [0, 0.1) is 0 Å². The third-order valence-corrected chi connectivity index (χ3v) is 4.36. The molecule has 2 aromatic heterocycles. The van der Waals surface area contributed by atoms with Crippen LogP contribution in [0.25, 0.3) is 11.2 Å².